The van der Waals surface area contributed by atoms with Crippen molar-refractivity contribution in [3.63, 3.8) is 0 Å². The molecule has 0 aromatic heterocycles. The van der Waals surface area contributed by atoms with Crippen molar-refractivity contribution < 1.29 is 4.79 Å². The number of amides is 1. The molecule has 22 heavy (non-hydrogen) atoms. The number of benzene rings is 3. The third kappa shape index (κ3) is 3.04. The topological polar surface area (TPSA) is 29.1 Å². The Kier molecular flexibility index (Phi) is 3.99. The van der Waals surface area contributed by atoms with Gasteiger partial charge in [0.05, 0.1) is 0 Å². The third-order valence-electron chi connectivity index (χ3n) is 3.58. The van der Waals surface area contributed by atoms with Crippen molar-refractivity contribution in [2.24, 2.45) is 0 Å². The van der Waals surface area contributed by atoms with E-state index in [1.54, 1.807) is 0 Å². The standard InChI is InChI=1S/C19H16BrNO/c1-12-8-13(2)10-15(9-12)19(22)21-18-5-3-4-14-6-7-16(20)11-17(14)18/h3-11H,1-2H3,(H,21,22). The van der Waals surface area contributed by atoms with Crippen LogP contribution in [0.25, 0.3) is 10.8 Å². The van der Waals surface area contributed by atoms with Crippen molar-refractivity contribution in [3.8, 4) is 0 Å². The number of nitrogens with one attached hydrogen (secondary N) is 1. The molecule has 0 atom stereocenters. The van der Waals surface area contributed by atoms with Crippen LogP contribution in [0.3, 0.4) is 0 Å². The number of fused-ring (bicyclic) bond motifs is 1. The average Bonchev–Trinajstić information content (AvgIpc) is 2.47. The zero-order valence-electron chi connectivity index (χ0n) is 12.5. The predicted molar refractivity (Wildman–Crippen MR) is 95.5 cm³/mol. The van der Waals surface area contributed by atoms with Crippen LogP contribution < -0.4 is 5.32 Å². The summed E-state index contributed by atoms with van der Waals surface area (Å²) in [5, 5.41) is 5.14. The Balaban J connectivity index is 1.99. The molecule has 0 radical (unpaired) electrons. The Labute approximate surface area is 138 Å². The number of carbonyl (C=O) groups is 1. The summed E-state index contributed by atoms with van der Waals surface area (Å²) >= 11 is 3.48. The highest BCUT2D eigenvalue weighted by Crippen LogP contribution is 2.27. The summed E-state index contributed by atoms with van der Waals surface area (Å²) < 4.78 is 0.994. The Morgan fingerprint density at radius 2 is 1.68 bits per heavy atom. The number of halogens is 1. The molecule has 0 aliphatic rings. The average molecular weight is 354 g/mol. The third-order valence-corrected chi connectivity index (χ3v) is 4.07. The lowest BCUT2D eigenvalue weighted by molar-refractivity contribution is 0.102. The van der Waals surface area contributed by atoms with Crippen molar-refractivity contribution >= 4 is 38.3 Å². The molecule has 2 nitrogen and oxygen atoms in total. The van der Waals surface area contributed by atoms with E-state index in [0.717, 1.165) is 32.1 Å². The largest absolute Gasteiger partial charge is 0.321 e. The fourth-order valence-corrected chi connectivity index (χ4v) is 3.02. The van der Waals surface area contributed by atoms with Crippen LogP contribution in [0.15, 0.2) is 59.1 Å². The Morgan fingerprint density at radius 3 is 2.41 bits per heavy atom. The van der Waals surface area contributed by atoms with E-state index in [1.807, 2.05) is 62.4 Å². The molecule has 1 N–H and O–H groups in total. The van der Waals surface area contributed by atoms with E-state index in [1.165, 1.54) is 0 Å². The molecule has 3 rings (SSSR count). The van der Waals surface area contributed by atoms with E-state index in [4.69, 9.17) is 0 Å². The number of hydrogen-bond acceptors (Lipinski definition) is 1. The van der Waals surface area contributed by atoms with E-state index in [0.29, 0.717) is 5.56 Å². The van der Waals surface area contributed by atoms with Crippen molar-refractivity contribution in [2.75, 3.05) is 5.32 Å². The van der Waals surface area contributed by atoms with Gasteiger partial charge in [-0.25, -0.2) is 0 Å². The molecule has 3 aromatic carbocycles. The fourth-order valence-electron chi connectivity index (χ4n) is 2.65. The Bertz CT molecular complexity index is 850. The van der Waals surface area contributed by atoms with Crippen LogP contribution in [0.5, 0.6) is 0 Å². The second kappa shape index (κ2) is 5.93. The lowest BCUT2D eigenvalue weighted by Crippen LogP contribution is -2.12. The molecule has 1 amide bonds. The molecule has 110 valence electrons. The van der Waals surface area contributed by atoms with Crippen molar-refractivity contribution in [1.29, 1.82) is 0 Å². The first-order valence-corrected chi connectivity index (χ1v) is 7.90. The highest BCUT2D eigenvalue weighted by Gasteiger charge is 2.09. The molecule has 0 saturated heterocycles. The molecule has 0 bridgehead atoms. The molecule has 0 saturated carbocycles. The number of carbonyl (C=O) groups excluding carboxylic acids is 1. The van der Waals surface area contributed by atoms with E-state index in [-0.39, 0.29) is 5.91 Å². The van der Waals surface area contributed by atoms with Crippen molar-refractivity contribution in [1.82, 2.24) is 0 Å². The quantitative estimate of drug-likeness (QED) is 0.649. The van der Waals surface area contributed by atoms with Crippen molar-refractivity contribution in [2.45, 2.75) is 13.8 Å². The molecule has 0 fully saturated rings. The van der Waals surface area contributed by atoms with Gasteiger partial charge in [0.25, 0.3) is 5.91 Å². The normalized spacial score (nSPS) is 10.7. The van der Waals surface area contributed by atoms with Gasteiger partial charge in [-0.2, -0.15) is 0 Å². The van der Waals surface area contributed by atoms with Crippen LogP contribution in [0.4, 0.5) is 5.69 Å². The molecule has 0 heterocycles. The van der Waals surface area contributed by atoms with E-state index >= 15 is 0 Å². The van der Waals surface area contributed by atoms with Crippen LogP contribution in [0.2, 0.25) is 0 Å². The van der Waals surface area contributed by atoms with Gasteiger partial charge in [-0.05, 0) is 49.6 Å². The number of rotatable bonds is 2. The lowest BCUT2D eigenvalue weighted by atomic mass is 10.1. The summed E-state index contributed by atoms with van der Waals surface area (Å²) in [6.07, 6.45) is 0. The van der Waals surface area contributed by atoms with Crippen LogP contribution in [-0.2, 0) is 0 Å². The first-order chi connectivity index (χ1) is 10.5. The first-order valence-electron chi connectivity index (χ1n) is 7.11. The molecular formula is C19H16BrNO. The fraction of sp³-hybridized carbons (Fsp3) is 0.105. The maximum Gasteiger partial charge on any atom is 0.255 e. The first kappa shape index (κ1) is 14.8. The minimum absolute atomic E-state index is 0.0840. The summed E-state index contributed by atoms with van der Waals surface area (Å²) in [6.45, 7) is 4.00. The number of aryl methyl sites for hydroxylation is 2. The predicted octanol–water partition coefficient (Wildman–Crippen LogP) is 5.47. The van der Waals surface area contributed by atoms with Gasteiger partial charge in [-0.1, -0.05) is 51.3 Å². The monoisotopic (exact) mass is 353 g/mol. The minimum Gasteiger partial charge on any atom is -0.321 e. The van der Waals surface area contributed by atoms with E-state index < -0.39 is 0 Å². The summed E-state index contributed by atoms with van der Waals surface area (Å²) in [5.41, 5.74) is 3.68. The van der Waals surface area contributed by atoms with Crippen LogP contribution in [0, 0.1) is 13.8 Å². The Morgan fingerprint density at radius 1 is 0.955 bits per heavy atom. The minimum atomic E-state index is -0.0840. The lowest BCUT2D eigenvalue weighted by Gasteiger charge is -2.10. The molecule has 3 aromatic rings. The number of hydrogen-bond donors (Lipinski definition) is 1. The van der Waals surface area contributed by atoms with Gasteiger partial charge in [0, 0.05) is 21.1 Å². The molecular weight excluding hydrogens is 338 g/mol. The number of anilines is 1. The summed E-state index contributed by atoms with van der Waals surface area (Å²) in [7, 11) is 0. The van der Waals surface area contributed by atoms with Gasteiger partial charge in [-0.3, -0.25) is 4.79 Å². The summed E-state index contributed by atoms with van der Waals surface area (Å²) in [4.78, 5) is 12.5. The maximum atomic E-state index is 12.5. The van der Waals surface area contributed by atoms with Gasteiger partial charge in [0.15, 0.2) is 0 Å². The Hall–Kier alpha value is -2.13. The maximum absolute atomic E-state index is 12.5. The summed E-state index contributed by atoms with van der Waals surface area (Å²) in [5.74, 6) is -0.0840. The smallest absolute Gasteiger partial charge is 0.255 e. The van der Waals surface area contributed by atoms with E-state index in [2.05, 4.69) is 27.3 Å². The SMILES string of the molecule is Cc1cc(C)cc(C(=O)Nc2cccc3ccc(Br)cc23)c1. The van der Waals surface area contributed by atoms with Crippen molar-refractivity contribution in [3.05, 3.63) is 75.8 Å². The summed E-state index contributed by atoms with van der Waals surface area (Å²) in [6, 6.07) is 17.8. The van der Waals surface area contributed by atoms with Crippen LogP contribution in [-0.4, -0.2) is 5.91 Å². The molecule has 0 spiro atoms. The molecule has 3 heteroatoms. The second-order valence-electron chi connectivity index (χ2n) is 5.50. The molecule has 0 unspecified atom stereocenters. The van der Waals surface area contributed by atoms with Crippen LogP contribution >= 0.6 is 15.9 Å². The van der Waals surface area contributed by atoms with Crippen LogP contribution in [0.1, 0.15) is 21.5 Å². The van der Waals surface area contributed by atoms with E-state index in [9.17, 15) is 4.79 Å². The second-order valence-corrected chi connectivity index (χ2v) is 6.42. The van der Waals surface area contributed by atoms with Gasteiger partial charge in [0.2, 0.25) is 0 Å². The van der Waals surface area contributed by atoms with Gasteiger partial charge in [-0.15, -0.1) is 0 Å². The van der Waals surface area contributed by atoms with Gasteiger partial charge < -0.3 is 5.32 Å². The highest BCUT2D eigenvalue weighted by atomic mass is 79.9. The molecule has 0 aliphatic heterocycles. The zero-order valence-corrected chi connectivity index (χ0v) is 14.1. The van der Waals surface area contributed by atoms with Gasteiger partial charge in [0.1, 0.15) is 0 Å². The highest BCUT2D eigenvalue weighted by molar-refractivity contribution is 9.10. The molecule has 0 aliphatic carbocycles. The van der Waals surface area contributed by atoms with Gasteiger partial charge >= 0.3 is 0 Å². The zero-order chi connectivity index (χ0) is 15.7.